The number of pyridine rings is 1. The first-order valence-corrected chi connectivity index (χ1v) is 5.88. The average molecular weight is 270 g/mol. The van der Waals surface area contributed by atoms with Gasteiger partial charge in [-0.05, 0) is 24.3 Å². The Labute approximate surface area is 113 Å². The largest absolute Gasteiger partial charge is 0.337 e. The van der Waals surface area contributed by atoms with Gasteiger partial charge in [0, 0.05) is 17.3 Å². The Morgan fingerprint density at radius 3 is 2.85 bits per heavy atom. The second-order valence-corrected chi connectivity index (χ2v) is 4.04. The Morgan fingerprint density at radius 1 is 1.10 bits per heavy atom. The predicted octanol–water partition coefficient (Wildman–Crippen LogP) is 2.19. The van der Waals surface area contributed by atoms with Gasteiger partial charge in [-0.25, -0.2) is 15.2 Å². The van der Waals surface area contributed by atoms with Crippen molar-refractivity contribution < 1.29 is 4.39 Å². The Balaban J connectivity index is 2.05. The van der Waals surface area contributed by atoms with E-state index in [1.807, 2.05) is 30.3 Å². The van der Waals surface area contributed by atoms with Crippen LogP contribution < -0.4 is 16.6 Å². The molecule has 0 amide bonds. The van der Waals surface area contributed by atoms with E-state index in [0.29, 0.717) is 5.69 Å². The lowest BCUT2D eigenvalue weighted by Gasteiger charge is -2.10. The number of rotatable bonds is 3. The number of hydrogen-bond donors (Lipinski definition) is 3. The maximum atomic E-state index is 13.7. The average Bonchev–Trinajstić information content (AvgIpc) is 2.50. The molecule has 4 N–H and O–H groups in total. The maximum Gasteiger partial charge on any atom is 0.239 e. The molecule has 0 aliphatic carbocycles. The first-order valence-electron chi connectivity index (χ1n) is 5.88. The zero-order valence-electron chi connectivity index (χ0n) is 10.3. The number of fused-ring (bicyclic) bond motifs is 1. The van der Waals surface area contributed by atoms with Crippen molar-refractivity contribution in [2.45, 2.75) is 0 Å². The molecule has 3 rings (SSSR count). The molecule has 0 aliphatic heterocycles. The predicted molar refractivity (Wildman–Crippen MR) is 74.8 cm³/mol. The van der Waals surface area contributed by atoms with Gasteiger partial charge in [0.1, 0.15) is 0 Å². The van der Waals surface area contributed by atoms with E-state index in [0.717, 1.165) is 17.1 Å². The Morgan fingerprint density at radius 2 is 2.00 bits per heavy atom. The van der Waals surface area contributed by atoms with Crippen molar-refractivity contribution in [2.75, 3.05) is 10.7 Å². The molecule has 0 bridgehead atoms. The highest BCUT2D eigenvalue weighted by Gasteiger charge is 2.08. The number of anilines is 3. The molecule has 2 heterocycles. The van der Waals surface area contributed by atoms with E-state index >= 15 is 0 Å². The third kappa shape index (κ3) is 2.21. The van der Waals surface area contributed by atoms with E-state index < -0.39 is 5.82 Å². The molecule has 0 saturated carbocycles. The van der Waals surface area contributed by atoms with E-state index in [1.165, 1.54) is 0 Å². The summed E-state index contributed by atoms with van der Waals surface area (Å²) in [6.45, 7) is 0. The van der Waals surface area contributed by atoms with E-state index in [-0.39, 0.29) is 11.8 Å². The zero-order valence-corrected chi connectivity index (χ0v) is 10.3. The molecule has 0 unspecified atom stereocenters. The second kappa shape index (κ2) is 5.06. The fourth-order valence-electron chi connectivity index (χ4n) is 1.86. The summed E-state index contributed by atoms with van der Waals surface area (Å²) in [5, 5.41) is 3.80. The number of hydrogen-bond acceptors (Lipinski definition) is 6. The van der Waals surface area contributed by atoms with Gasteiger partial charge in [0.2, 0.25) is 5.95 Å². The monoisotopic (exact) mass is 270 g/mol. The summed E-state index contributed by atoms with van der Waals surface area (Å²) in [4.78, 5) is 11.9. The molecule has 0 saturated heterocycles. The number of halogens is 1. The highest BCUT2D eigenvalue weighted by molar-refractivity contribution is 5.92. The summed E-state index contributed by atoms with van der Waals surface area (Å²) in [5.41, 5.74) is 3.79. The van der Waals surface area contributed by atoms with Crippen molar-refractivity contribution >= 4 is 28.4 Å². The smallest absolute Gasteiger partial charge is 0.239 e. The van der Waals surface area contributed by atoms with Gasteiger partial charge in [-0.2, -0.15) is 4.98 Å². The molecule has 0 radical (unpaired) electrons. The summed E-state index contributed by atoms with van der Waals surface area (Å²) >= 11 is 0. The standard InChI is InChI=1S/C13H11FN6/c14-9-7-17-13(20-15)19-12(9)18-11-5-1-4-10-8(11)3-2-6-16-10/h1-7H,15H2,(H2,17,18,19,20). The second-order valence-electron chi connectivity index (χ2n) is 4.04. The molecule has 20 heavy (non-hydrogen) atoms. The van der Waals surface area contributed by atoms with Crippen molar-refractivity contribution in [1.82, 2.24) is 15.0 Å². The van der Waals surface area contributed by atoms with E-state index in [4.69, 9.17) is 5.84 Å². The van der Waals surface area contributed by atoms with Crippen LogP contribution in [0.2, 0.25) is 0 Å². The lowest BCUT2D eigenvalue weighted by Crippen LogP contribution is -2.12. The third-order valence-corrected chi connectivity index (χ3v) is 2.77. The van der Waals surface area contributed by atoms with Crippen LogP contribution in [0, 0.1) is 5.82 Å². The van der Waals surface area contributed by atoms with Gasteiger partial charge in [-0.3, -0.25) is 10.4 Å². The molecule has 0 atom stereocenters. The SMILES string of the molecule is NNc1ncc(F)c(Nc2cccc3ncccc23)n1. The fourth-order valence-corrected chi connectivity index (χ4v) is 1.86. The number of benzene rings is 1. The first kappa shape index (κ1) is 12.2. The van der Waals surface area contributed by atoms with Gasteiger partial charge in [0.15, 0.2) is 11.6 Å². The number of nitrogens with zero attached hydrogens (tertiary/aromatic N) is 3. The maximum absolute atomic E-state index is 13.7. The van der Waals surface area contributed by atoms with Crippen LogP contribution in [0.15, 0.2) is 42.7 Å². The quantitative estimate of drug-likeness (QED) is 0.499. The Kier molecular flexibility index (Phi) is 3.10. The molecule has 3 aromatic rings. The van der Waals surface area contributed by atoms with Gasteiger partial charge in [0.05, 0.1) is 11.7 Å². The van der Waals surface area contributed by atoms with Crippen LogP contribution in [0.3, 0.4) is 0 Å². The summed E-state index contributed by atoms with van der Waals surface area (Å²) in [6, 6.07) is 9.24. The topological polar surface area (TPSA) is 88.8 Å². The van der Waals surface area contributed by atoms with Crippen LogP contribution in [0.1, 0.15) is 0 Å². The van der Waals surface area contributed by atoms with Crippen LogP contribution >= 0.6 is 0 Å². The van der Waals surface area contributed by atoms with Gasteiger partial charge >= 0.3 is 0 Å². The fraction of sp³-hybridized carbons (Fsp3) is 0. The Hall–Kier alpha value is -2.80. The lowest BCUT2D eigenvalue weighted by atomic mass is 10.2. The number of nitrogens with one attached hydrogen (secondary N) is 2. The van der Waals surface area contributed by atoms with Gasteiger partial charge in [-0.1, -0.05) is 6.07 Å². The highest BCUT2D eigenvalue weighted by Crippen LogP contribution is 2.25. The van der Waals surface area contributed by atoms with Crippen LogP contribution in [0.25, 0.3) is 10.9 Å². The zero-order chi connectivity index (χ0) is 13.9. The van der Waals surface area contributed by atoms with E-state index in [2.05, 4.69) is 25.7 Å². The van der Waals surface area contributed by atoms with Crippen molar-refractivity contribution in [1.29, 1.82) is 0 Å². The van der Waals surface area contributed by atoms with Crippen molar-refractivity contribution in [2.24, 2.45) is 5.84 Å². The summed E-state index contributed by atoms with van der Waals surface area (Å²) in [5.74, 6) is 4.83. The highest BCUT2D eigenvalue weighted by atomic mass is 19.1. The number of aromatic nitrogens is 3. The number of nitrogen functional groups attached to an aromatic ring is 1. The van der Waals surface area contributed by atoms with E-state index in [9.17, 15) is 4.39 Å². The van der Waals surface area contributed by atoms with Crippen LogP contribution in [0.5, 0.6) is 0 Å². The molecular weight excluding hydrogens is 259 g/mol. The minimum absolute atomic E-state index is 0.0457. The van der Waals surface area contributed by atoms with Crippen molar-refractivity contribution in [3.8, 4) is 0 Å². The molecule has 2 aromatic heterocycles. The van der Waals surface area contributed by atoms with Gasteiger partial charge in [0.25, 0.3) is 0 Å². The van der Waals surface area contributed by atoms with E-state index in [1.54, 1.807) is 6.20 Å². The molecular formula is C13H11FN6. The van der Waals surface area contributed by atoms with Gasteiger partial charge < -0.3 is 5.32 Å². The molecule has 100 valence electrons. The van der Waals surface area contributed by atoms with Crippen LogP contribution in [-0.4, -0.2) is 15.0 Å². The van der Waals surface area contributed by atoms with Crippen LogP contribution in [0.4, 0.5) is 21.8 Å². The molecule has 0 spiro atoms. The Bertz CT molecular complexity index is 755. The van der Waals surface area contributed by atoms with Crippen LogP contribution in [-0.2, 0) is 0 Å². The summed E-state index contributed by atoms with van der Waals surface area (Å²) in [7, 11) is 0. The normalized spacial score (nSPS) is 10.5. The molecule has 6 nitrogen and oxygen atoms in total. The minimum atomic E-state index is -0.565. The number of nitrogens with two attached hydrogens (primary N) is 1. The summed E-state index contributed by atoms with van der Waals surface area (Å²) < 4.78 is 13.7. The van der Waals surface area contributed by atoms with Gasteiger partial charge in [-0.15, -0.1) is 0 Å². The number of hydrazine groups is 1. The van der Waals surface area contributed by atoms with Crippen molar-refractivity contribution in [3.05, 3.63) is 48.5 Å². The minimum Gasteiger partial charge on any atom is -0.337 e. The van der Waals surface area contributed by atoms with Crippen molar-refractivity contribution in [3.63, 3.8) is 0 Å². The molecule has 0 fully saturated rings. The molecule has 1 aromatic carbocycles. The molecule has 0 aliphatic rings. The first-order chi connectivity index (χ1) is 9.78. The molecule has 7 heteroatoms. The lowest BCUT2D eigenvalue weighted by molar-refractivity contribution is 0.619. The summed E-state index contributed by atoms with van der Waals surface area (Å²) in [6.07, 6.45) is 2.75. The third-order valence-electron chi connectivity index (χ3n) is 2.77.